The van der Waals surface area contributed by atoms with Crippen molar-refractivity contribution in [1.29, 1.82) is 0 Å². The zero-order chi connectivity index (χ0) is 17.5. The molecule has 0 fully saturated rings. The molecule has 0 saturated carbocycles. The van der Waals surface area contributed by atoms with E-state index in [9.17, 15) is 4.21 Å². The third-order valence-corrected chi connectivity index (χ3v) is 4.98. The molecule has 2 heterocycles. The standard InChI is InChI=1S/C17H20N6OS/c1-18-17(19-10-12-25(24)14-7-3-2-4-8-14)20-13-16-22-21-15-9-5-6-11-23(15)16/h2-9,11H,10,12-13H2,1H3,(H2,18,19,20). The zero-order valence-electron chi connectivity index (χ0n) is 13.9. The number of guanidine groups is 1. The maximum absolute atomic E-state index is 12.2. The normalized spacial score (nSPS) is 12.9. The van der Waals surface area contributed by atoms with Gasteiger partial charge in [-0.3, -0.25) is 13.6 Å². The van der Waals surface area contributed by atoms with Gasteiger partial charge in [-0.15, -0.1) is 10.2 Å². The van der Waals surface area contributed by atoms with Crippen LogP contribution in [0.2, 0.25) is 0 Å². The summed E-state index contributed by atoms with van der Waals surface area (Å²) in [6.07, 6.45) is 1.92. The summed E-state index contributed by atoms with van der Waals surface area (Å²) in [5.41, 5.74) is 0.806. The molecule has 130 valence electrons. The lowest BCUT2D eigenvalue weighted by Crippen LogP contribution is -2.39. The van der Waals surface area contributed by atoms with Gasteiger partial charge in [0.1, 0.15) is 0 Å². The van der Waals surface area contributed by atoms with Crippen molar-refractivity contribution in [2.24, 2.45) is 4.99 Å². The van der Waals surface area contributed by atoms with E-state index >= 15 is 0 Å². The maximum atomic E-state index is 12.2. The molecule has 0 aliphatic rings. The number of fused-ring (bicyclic) bond motifs is 1. The summed E-state index contributed by atoms with van der Waals surface area (Å²) in [7, 11) is 0.674. The molecule has 8 heteroatoms. The monoisotopic (exact) mass is 356 g/mol. The summed E-state index contributed by atoms with van der Waals surface area (Å²) in [4.78, 5) is 5.01. The van der Waals surface area contributed by atoms with Crippen LogP contribution in [0.5, 0.6) is 0 Å². The van der Waals surface area contributed by atoms with Crippen molar-refractivity contribution in [3.63, 3.8) is 0 Å². The molecule has 1 unspecified atom stereocenters. The van der Waals surface area contributed by atoms with Crippen LogP contribution in [0.15, 0.2) is 64.6 Å². The fraction of sp³-hybridized carbons (Fsp3) is 0.235. The van der Waals surface area contributed by atoms with Gasteiger partial charge in [-0.25, -0.2) is 0 Å². The maximum Gasteiger partial charge on any atom is 0.191 e. The molecular weight excluding hydrogens is 336 g/mol. The van der Waals surface area contributed by atoms with Crippen molar-refractivity contribution in [3.8, 4) is 0 Å². The van der Waals surface area contributed by atoms with Crippen LogP contribution in [0.4, 0.5) is 0 Å². The first-order valence-electron chi connectivity index (χ1n) is 7.94. The third kappa shape index (κ3) is 4.42. The van der Waals surface area contributed by atoms with Gasteiger partial charge in [0.25, 0.3) is 0 Å². The minimum Gasteiger partial charge on any atom is -0.355 e. The fourth-order valence-electron chi connectivity index (χ4n) is 2.35. The highest BCUT2D eigenvalue weighted by Crippen LogP contribution is 2.05. The van der Waals surface area contributed by atoms with Crippen molar-refractivity contribution < 1.29 is 4.21 Å². The van der Waals surface area contributed by atoms with Crippen molar-refractivity contribution in [2.45, 2.75) is 11.4 Å². The Balaban J connectivity index is 1.49. The first kappa shape index (κ1) is 17.1. The van der Waals surface area contributed by atoms with Gasteiger partial charge in [0.15, 0.2) is 17.4 Å². The van der Waals surface area contributed by atoms with E-state index in [-0.39, 0.29) is 0 Å². The smallest absolute Gasteiger partial charge is 0.191 e. The molecule has 1 aromatic carbocycles. The molecule has 7 nitrogen and oxygen atoms in total. The van der Waals surface area contributed by atoms with E-state index in [1.54, 1.807) is 7.05 Å². The molecule has 3 aromatic rings. The van der Waals surface area contributed by atoms with Gasteiger partial charge in [0.2, 0.25) is 0 Å². The number of benzene rings is 1. The summed E-state index contributed by atoms with van der Waals surface area (Å²) >= 11 is 0. The number of pyridine rings is 1. The summed E-state index contributed by atoms with van der Waals surface area (Å²) < 4.78 is 14.1. The molecule has 1 atom stereocenters. The minimum absolute atomic E-state index is 0.493. The summed E-state index contributed by atoms with van der Waals surface area (Å²) in [6, 6.07) is 15.2. The average Bonchev–Trinajstić information content (AvgIpc) is 3.08. The molecule has 2 N–H and O–H groups in total. The van der Waals surface area contributed by atoms with Crippen molar-refractivity contribution in [3.05, 3.63) is 60.6 Å². The van der Waals surface area contributed by atoms with Crippen LogP contribution >= 0.6 is 0 Å². The highest BCUT2D eigenvalue weighted by Gasteiger charge is 2.07. The Kier molecular flexibility index (Phi) is 5.73. The molecule has 0 aliphatic heterocycles. The van der Waals surface area contributed by atoms with Gasteiger partial charge in [0.05, 0.1) is 17.3 Å². The van der Waals surface area contributed by atoms with Crippen LogP contribution in [-0.4, -0.2) is 44.1 Å². The first-order valence-corrected chi connectivity index (χ1v) is 9.26. The quantitative estimate of drug-likeness (QED) is 0.512. The lowest BCUT2D eigenvalue weighted by Gasteiger charge is -2.11. The van der Waals surface area contributed by atoms with E-state index < -0.39 is 10.8 Å². The van der Waals surface area contributed by atoms with Crippen LogP contribution in [0, 0.1) is 0 Å². The Labute approximate surface area is 148 Å². The molecule has 25 heavy (non-hydrogen) atoms. The van der Waals surface area contributed by atoms with E-state index in [1.165, 1.54) is 0 Å². The second-order valence-electron chi connectivity index (χ2n) is 5.26. The van der Waals surface area contributed by atoms with Crippen LogP contribution in [-0.2, 0) is 17.3 Å². The Bertz CT molecular complexity index is 877. The van der Waals surface area contributed by atoms with Crippen molar-refractivity contribution in [1.82, 2.24) is 25.2 Å². The predicted molar refractivity (Wildman–Crippen MR) is 98.9 cm³/mol. The minimum atomic E-state index is -1.03. The fourth-order valence-corrected chi connectivity index (χ4v) is 3.33. The van der Waals surface area contributed by atoms with Crippen molar-refractivity contribution >= 4 is 22.4 Å². The van der Waals surface area contributed by atoms with Gasteiger partial charge < -0.3 is 10.6 Å². The van der Waals surface area contributed by atoms with Crippen molar-refractivity contribution in [2.75, 3.05) is 19.3 Å². The number of rotatable bonds is 6. The lowest BCUT2D eigenvalue weighted by molar-refractivity contribution is 0.681. The highest BCUT2D eigenvalue weighted by molar-refractivity contribution is 7.85. The summed E-state index contributed by atoms with van der Waals surface area (Å²) in [6.45, 7) is 1.05. The molecule has 0 bridgehead atoms. The zero-order valence-corrected chi connectivity index (χ0v) is 14.7. The van der Waals surface area contributed by atoms with Gasteiger partial charge in [0, 0.05) is 30.4 Å². The van der Waals surface area contributed by atoms with Crippen LogP contribution < -0.4 is 10.6 Å². The van der Waals surface area contributed by atoms with E-state index in [2.05, 4.69) is 25.8 Å². The Morgan fingerprint density at radius 1 is 1.12 bits per heavy atom. The second kappa shape index (κ2) is 8.39. The Morgan fingerprint density at radius 3 is 2.72 bits per heavy atom. The molecule has 0 radical (unpaired) electrons. The van der Waals surface area contributed by atoms with E-state index in [0.717, 1.165) is 16.4 Å². The number of hydrogen-bond donors (Lipinski definition) is 2. The molecule has 0 spiro atoms. The topological polar surface area (TPSA) is 83.7 Å². The number of aromatic nitrogens is 3. The van der Waals surface area contributed by atoms with Crippen LogP contribution in [0.3, 0.4) is 0 Å². The van der Waals surface area contributed by atoms with Gasteiger partial charge in [-0.05, 0) is 24.3 Å². The number of nitrogens with one attached hydrogen (secondary N) is 2. The summed E-state index contributed by atoms with van der Waals surface area (Å²) in [5.74, 6) is 1.95. The largest absolute Gasteiger partial charge is 0.355 e. The molecule has 0 amide bonds. The number of aliphatic imine (C=N–C) groups is 1. The van der Waals surface area contributed by atoms with Gasteiger partial charge in [-0.2, -0.15) is 0 Å². The van der Waals surface area contributed by atoms with E-state index in [1.807, 2.05) is 59.1 Å². The third-order valence-electron chi connectivity index (χ3n) is 3.61. The molecule has 3 rings (SSSR count). The average molecular weight is 356 g/mol. The Morgan fingerprint density at radius 2 is 1.92 bits per heavy atom. The van der Waals surface area contributed by atoms with Gasteiger partial charge >= 0.3 is 0 Å². The molecule has 0 saturated heterocycles. The Hall–Kier alpha value is -2.74. The van der Waals surface area contributed by atoms with Crippen LogP contribution in [0.25, 0.3) is 5.65 Å². The lowest BCUT2D eigenvalue weighted by atomic mass is 10.4. The molecule has 0 aliphatic carbocycles. The van der Waals surface area contributed by atoms with Crippen LogP contribution in [0.1, 0.15) is 5.82 Å². The molecular formula is C17H20N6OS. The number of nitrogens with zero attached hydrogens (tertiary/aromatic N) is 4. The predicted octanol–water partition coefficient (Wildman–Crippen LogP) is 1.20. The first-order chi connectivity index (χ1) is 12.3. The number of hydrogen-bond acceptors (Lipinski definition) is 4. The summed E-state index contributed by atoms with van der Waals surface area (Å²) in [5, 5.41) is 14.6. The van der Waals surface area contributed by atoms with E-state index in [4.69, 9.17) is 0 Å². The SMILES string of the molecule is CN=C(NCCS(=O)c1ccccc1)NCc1nnc2ccccn12. The highest BCUT2D eigenvalue weighted by atomic mass is 32.2. The molecule has 2 aromatic heterocycles. The van der Waals surface area contributed by atoms with Gasteiger partial charge in [-0.1, -0.05) is 24.3 Å². The second-order valence-corrected chi connectivity index (χ2v) is 6.83. The van der Waals surface area contributed by atoms with E-state index in [0.29, 0.717) is 24.8 Å².